The fourth-order valence-electron chi connectivity index (χ4n) is 6.59. The Morgan fingerprint density at radius 2 is 0.380 bits per heavy atom. The van der Waals surface area contributed by atoms with Crippen molar-refractivity contribution < 1.29 is 0 Å². The van der Waals surface area contributed by atoms with E-state index in [4.69, 9.17) is 40.8 Å². The van der Waals surface area contributed by atoms with E-state index in [1.54, 1.807) is 49.6 Å². The van der Waals surface area contributed by atoms with Crippen LogP contribution >= 0.6 is 0 Å². The van der Waals surface area contributed by atoms with Crippen LogP contribution in [0.1, 0.15) is 0 Å². The third-order valence-corrected chi connectivity index (χ3v) is 8.41. The summed E-state index contributed by atoms with van der Waals surface area (Å²) in [4.78, 5) is 0. The summed E-state index contributed by atoms with van der Waals surface area (Å²) in [6, 6.07) is 15.1. The second kappa shape index (κ2) is 11.0. The summed E-state index contributed by atoms with van der Waals surface area (Å²) in [7, 11) is 0. The molecule has 8 heterocycles. The van der Waals surface area contributed by atoms with Gasteiger partial charge in [-0.2, -0.15) is 40.8 Å². The second-order valence-corrected chi connectivity index (χ2v) is 11.1. The van der Waals surface area contributed by atoms with Crippen LogP contribution in [0.3, 0.4) is 0 Å². The highest BCUT2D eigenvalue weighted by Gasteiger charge is 2.35. The standard InChI is InChI=1S/C34H24N16/c1-9-35-43(17-1)27-25-26(29(45-19-3-11-37-45)32(48-22-6-14-40-48)31(27)47-21-5-13-39-47)30(46-20-4-12-38-46)34(50-24-8-16-42-50)33(49-23-7-15-41-49)28(25)44-18-2-10-36-44/h1-24H. The summed E-state index contributed by atoms with van der Waals surface area (Å²) in [5.41, 5.74) is 5.58. The lowest BCUT2D eigenvalue weighted by molar-refractivity contribution is 0.770. The Labute approximate surface area is 281 Å². The molecule has 8 aromatic heterocycles. The summed E-state index contributed by atoms with van der Waals surface area (Å²) in [5, 5.41) is 40.0. The molecule has 16 nitrogen and oxygen atoms in total. The maximum absolute atomic E-state index is 4.83. The summed E-state index contributed by atoms with van der Waals surface area (Å²) in [5.74, 6) is 0. The van der Waals surface area contributed by atoms with E-state index in [-0.39, 0.29) is 0 Å². The first-order valence-corrected chi connectivity index (χ1v) is 15.6. The van der Waals surface area contributed by atoms with E-state index in [0.717, 1.165) is 10.8 Å². The van der Waals surface area contributed by atoms with Crippen molar-refractivity contribution in [2.45, 2.75) is 0 Å². The molecule has 0 aliphatic heterocycles. The zero-order valence-corrected chi connectivity index (χ0v) is 26.0. The lowest BCUT2D eigenvalue weighted by Crippen LogP contribution is -2.20. The van der Waals surface area contributed by atoms with Crippen LogP contribution in [0.5, 0.6) is 0 Å². The van der Waals surface area contributed by atoms with Gasteiger partial charge in [-0.25, -0.2) is 37.5 Å². The van der Waals surface area contributed by atoms with Crippen molar-refractivity contribution in [2.75, 3.05) is 0 Å². The molecule has 0 spiro atoms. The predicted molar refractivity (Wildman–Crippen MR) is 181 cm³/mol. The van der Waals surface area contributed by atoms with E-state index in [1.807, 2.05) is 136 Å². The lowest BCUT2D eigenvalue weighted by atomic mass is 9.96. The van der Waals surface area contributed by atoms with Gasteiger partial charge in [-0.15, -0.1) is 0 Å². The van der Waals surface area contributed by atoms with Gasteiger partial charge in [-0.3, -0.25) is 0 Å². The van der Waals surface area contributed by atoms with Gasteiger partial charge < -0.3 is 0 Å². The predicted octanol–water partition coefficient (Wildman–Crippen LogP) is 4.33. The van der Waals surface area contributed by atoms with E-state index >= 15 is 0 Å². The average Bonchev–Trinajstić information content (AvgIpc) is 4.00. The summed E-state index contributed by atoms with van der Waals surface area (Å²) in [6.45, 7) is 0. The molecule has 50 heavy (non-hydrogen) atoms. The lowest BCUT2D eigenvalue weighted by Gasteiger charge is -2.28. The summed E-state index contributed by atoms with van der Waals surface area (Å²) >= 11 is 0. The molecule has 0 aliphatic rings. The number of rotatable bonds is 8. The maximum atomic E-state index is 4.83. The molecular weight excluding hydrogens is 632 g/mol. The van der Waals surface area contributed by atoms with Gasteiger partial charge in [0.05, 0.1) is 0 Å². The molecule has 16 heteroatoms. The molecule has 0 amide bonds. The van der Waals surface area contributed by atoms with Crippen molar-refractivity contribution >= 4 is 10.8 Å². The molecule has 240 valence electrons. The van der Waals surface area contributed by atoms with Crippen LogP contribution in [0.2, 0.25) is 0 Å². The quantitative estimate of drug-likeness (QED) is 0.235. The third-order valence-electron chi connectivity index (χ3n) is 8.41. The highest BCUT2D eigenvalue weighted by Crippen LogP contribution is 2.48. The number of nitrogens with zero attached hydrogens (tertiary/aromatic N) is 16. The number of benzene rings is 2. The van der Waals surface area contributed by atoms with Crippen LogP contribution in [-0.4, -0.2) is 78.2 Å². The SMILES string of the molecule is c1cnn(-c2c(-n3cccn3)c(-n3cccn3)c3c(-n4cccn4)c(-n4cccn4)c(-n4cccn4)c(-n4cccn4)c3c2-n2cccn2)c1. The van der Waals surface area contributed by atoms with Crippen molar-refractivity contribution in [3.63, 3.8) is 0 Å². The normalized spacial score (nSPS) is 11.6. The minimum absolute atomic E-state index is 0.693. The molecule has 0 radical (unpaired) electrons. The summed E-state index contributed by atoms with van der Waals surface area (Å²) < 4.78 is 14.7. The molecule has 0 aliphatic carbocycles. The Morgan fingerprint density at radius 3 is 0.520 bits per heavy atom. The van der Waals surface area contributed by atoms with Crippen molar-refractivity contribution in [3.8, 4) is 45.5 Å². The summed E-state index contributed by atoms with van der Waals surface area (Å²) in [6.07, 6.45) is 29.3. The second-order valence-electron chi connectivity index (χ2n) is 11.1. The number of hydrogen-bond acceptors (Lipinski definition) is 8. The van der Waals surface area contributed by atoms with E-state index in [0.29, 0.717) is 45.5 Å². The molecule has 10 aromatic rings. The zero-order chi connectivity index (χ0) is 33.0. The van der Waals surface area contributed by atoms with Gasteiger partial charge in [0.25, 0.3) is 0 Å². The van der Waals surface area contributed by atoms with Gasteiger partial charge in [-0.1, -0.05) is 0 Å². The molecule has 0 fully saturated rings. The van der Waals surface area contributed by atoms with E-state index in [1.165, 1.54) is 0 Å². The van der Waals surface area contributed by atoms with Crippen molar-refractivity contribution in [2.24, 2.45) is 0 Å². The molecule has 0 saturated carbocycles. The van der Waals surface area contributed by atoms with Crippen molar-refractivity contribution in [3.05, 3.63) is 148 Å². The zero-order valence-electron chi connectivity index (χ0n) is 26.0. The van der Waals surface area contributed by atoms with Crippen LogP contribution in [0.15, 0.2) is 148 Å². The topological polar surface area (TPSA) is 143 Å². The largest absolute Gasteiger partial charge is 0.238 e. The highest BCUT2D eigenvalue weighted by atomic mass is 15.4. The smallest absolute Gasteiger partial charge is 0.119 e. The van der Waals surface area contributed by atoms with E-state index in [9.17, 15) is 0 Å². The van der Waals surface area contributed by atoms with Crippen LogP contribution < -0.4 is 0 Å². The van der Waals surface area contributed by atoms with Gasteiger partial charge in [0.2, 0.25) is 0 Å². The number of aromatic nitrogens is 16. The fourth-order valence-corrected chi connectivity index (χ4v) is 6.59. The minimum Gasteiger partial charge on any atom is -0.238 e. The van der Waals surface area contributed by atoms with E-state index < -0.39 is 0 Å². The number of hydrogen-bond donors (Lipinski definition) is 0. The molecule has 0 saturated heterocycles. The number of fused-ring (bicyclic) bond motifs is 1. The van der Waals surface area contributed by atoms with Crippen LogP contribution in [0.4, 0.5) is 0 Å². The average molecular weight is 657 g/mol. The first-order valence-electron chi connectivity index (χ1n) is 15.6. The molecule has 10 rings (SSSR count). The van der Waals surface area contributed by atoms with Crippen molar-refractivity contribution in [1.82, 2.24) is 78.2 Å². The Kier molecular flexibility index (Phi) is 6.04. The first-order chi connectivity index (χ1) is 24.9. The molecular formula is C34H24N16. The highest BCUT2D eigenvalue weighted by molar-refractivity contribution is 6.15. The van der Waals surface area contributed by atoms with Crippen LogP contribution in [-0.2, 0) is 0 Å². The molecule has 0 N–H and O–H groups in total. The molecule has 0 atom stereocenters. The molecule has 0 unspecified atom stereocenters. The van der Waals surface area contributed by atoms with Gasteiger partial charge in [0.15, 0.2) is 0 Å². The Morgan fingerprint density at radius 1 is 0.220 bits per heavy atom. The fraction of sp³-hybridized carbons (Fsp3) is 0. The third kappa shape index (κ3) is 4.05. The Bertz CT molecular complexity index is 2270. The van der Waals surface area contributed by atoms with Gasteiger partial charge in [0, 0.05) is 110 Å². The molecule has 2 aromatic carbocycles. The Balaban J connectivity index is 1.61. The minimum atomic E-state index is 0.693. The maximum Gasteiger partial charge on any atom is 0.119 e. The van der Waals surface area contributed by atoms with Crippen molar-refractivity contribution in [1.29, 1.82) is 0 Å². The Hall–Kier alpha value is -7.62. The van der Waals surface area contributed by atoms with Gasteiger partial charge in [0.1, 0.15) is 45.5 Å². The van der Waals surface area contributed by atoms with Crippen LogP contribution in [0, 0.1) is 0 Å². The van der Waals surface area contributed by atoms with Gasteiger partial charge >= 0.3 is 0 Å². The van der Waals surface area contributed by atoms with Gasteiger partial charge in [-0.05, 0) is 48.5 Å². The van der Waals surface area contributed by atoms with Crippen LogP contribution in [0.25, 0.3) is 56.3 Å². The monoisotopic (exact) mass is 656 g/mol. The first kappa shape index (κ1) is 27.5. The van der Waals surface area contributed by atoms with E-state index in [2.05, 4.69) is 0 Å². The molecule has 0 bridgehead atoms.